The van der Waals surface area contributed by atoms with Crippen molar-refractivity contribution < 1.29 is 4.74 Å². The Morgan fingerprint density at radius 3 is 2.75 bits per heavy atom. The van der Waals surface area contributed by atoms with E-state index in [0.29, 0.717) is 6.61 Å². The van der Waals surface area contributed by atoms with Crippen LogP contribution in [0.1, 0.15) is 20.3 Å². The largest absolute Gasteiger partial charge is 0.369 e. The van der Waals surface area contributed by atoms with Crippen molar-refractivity contribution in [3.05, 3.63) is 24.3 Å². The van der Waals surface area contributed by atoms with Gasteiger partial charge in [-0.2, -0.15) is 0 Å². The van der Waals surface area contributed by atoms with Gasteiger partial charge in [-0.05, 0) is 20.3 Å². The molecule has 0 bridgehead atoms. The van der Waals surface area contributed by atoms with Gasteiger partial charge >= 0.3 is 0 Å². The van der Waals surface area contributed by atoms with Gasteiger partial charge in [0.2, 0.25) is 0 Å². The van der Waals surface area contributed by atoms with E-state index in [-0.39, 0.29) is 11.6 Å². The molecule has 0 aromatic heterocycles. The minimum Gasteiger partial charge on any atom is -0.369 e. The third-order valence-corrected chi connectivity index (χ3v) is 2.25. The van der Waals surface area contributed by atoms with Gasteiger partial charge in [0.1, 0.15) is 5.60 Å². The number of hydrogen-bond donors (Lipinski definition) is 1. The van der Waals surface area contributed by atoms with Crippen molar-refractivity contribution >= 4 is 0 Å². The molecule has 1 aliphatic carbocycles. The molecular formula is C10H17NO. The Bertz CT molecular complexity index is 196. The fourth-order valence-electron chi connectivity index (χ4n) is 1.46. The third-order valence-electron chi connectivity index (χ3n) is 2.25. The van der Waals surface area contributed by atoms with Gasteiger partial charge in [0.05, 0.1) is 0 Å². The summed E-state index contributed by atoms with van der Waals surface area (Å²) < 4.78 is 5.67. The van der Waals surface area contributed by atoms with Crippen molar-refractivity contribution in [2.75, 3.05) is 6.61 Å². The maximum Gasteiger partial charge on any atom is 0.105 e. The van der Waals surface area contributed by atoms with Crippen LogP contribution in [0.15, 0.2) is 24.3 Å². The lowest BCUT2D eigenvalue weighted by molar-refractivity contribution is -0.0144. The third kappa shape index (κ3) is 1.76. The molecule has 0 saturated heterocycles. The van der Waals surface area contributed by atoms with Crippen LogP contribution < -0.4 is 5.73 Å². The molecule has 68 valence electrons. The van der Waals surface area contributed by atoms with Crippen LogP contribution in [0.5, 0.6) is 0 Å². The molecule has 2 N–H and O–H groups in total. The van der Waals surface area contributed by atoms with Crippen LogP contribution in [0.3, 0.4) is 0 Å². The van der Waals surface area contributed by atoms with E-state index in [1.807, 2.05) is 26.0 Å². The second-order valence-corrected chi connectivity index (χ2v) is 3.17. The number of rotatable bonds is 3. The Balaban J connectivity index is 2.73. The van der Waals surface area contributed by atoms with Crippen LogP contribution in [0, 0.1) is 0 Å². The van der Waals surface area contributed by atoms with Crippen molar-refractivity contribution in [3.63, 3.8) is 0 Å². The Hall–Kier alpha value is -0.600. The molecule has 0 aliphatic heterocycles. The maximum atomic E-state index is 5.88. The lowest BCUT2D eigenvalue weighted by Gasteiger charge is -2.34. The van der Waals surface area contributed by atoms with Gasteiger partial charge in [-0.3, -0.25) is 0 Å². The van der Waals surface area contributed by atoms with Crippen LogP contribution in [-0.4, -0.2) is 18.2 Å². The monoisotopic (exact) mass is 167 g/mol. The fourth-order valence-corrected chi connectivity index (χ4v) is 1.46. The van der Waals surface area contributed by atoms with Crippen LogP contribution in [0.4, 0.5) is 0 Å². The van der Waals surface area contributed by atoms with Gasteiger partial charge in [0.15, 0.2) is 0 Å². The summed E-state index contributed by atoms with van der Waals surface area (Å²) in [6, 6.07) is 0.0404. The first-order valence-corrected chi connectivity index (χ1v) is 4.45. The molecule has 0 amide bonds. The summed E-state index contributed by atoms with van der Waals surface area (Å²) in [4.78, 5) is 0. The normalized spacial score (nSPS) is 30.6. The van der Waals surface area contributed by atoms with Crippen molar-refractivity contribution in [2.24, 2.45) is 5.73 Å². The maximum absolute atomic E-state index is 5.88. The topological polar surface area (TPSA) is 35.2 Å². The minimum atomic E-state index is -0.260. The van der Waals surface area contributed by atoms with Gasteiger partial charge in [-0.15, -0.1) is 0 Å². The second kappa shape index (κ2) is 3.87. The SMILES string of the molecule is CCOC1(C(C)N)C=CC=CC1. The average Bonchev–Trinajstić information content (AvgIpc) is 2.06. The number of ether oxygens (including phenoxy) is 1. The summed E-state index contributed by atoms with van der Waals surface area (Å²) in [7, 11) is 0. The van der Waals surface area contributed by atoms with Crippen LogP contribution >= 0.6 is 0 Å². The molecule has 0 fully saturated rings. The predicted octanol–water partition coefficient (Wildman–Crippen LogP) is 1.62. The fraction of sp³-hybridized carbons (Fsp3) is 0.600. The van der Waals surface area contributed by atoms with E-state index in [1.165, 1.54) is 0 Å². The molecule has 0 saturated carbocycles. The summed E-state index contributed by atoms with van der Waals surface area (Å²) in [6.45, 7) is 4.69. The summed E-state index contributed by atoms with van der Waals surface area (Å²) in [5.41, 5.74) is 5.62. The van der Waals surface area contributed by atoms with E-state index in [1.54, 1.807) is 0 Å². The van der Waals surface area contributed by atoms with Gasteiger partial charge in [-0.25, -0.2) is 0 Å². The first-order chi connectivity index (χ1) is 5.71. The lowest BCUT2D eigenvalue weighted by atomic mass is 9.88. The molecule has 0 heterocycles. The summed E-state index contributed by atoms with van der Waals surface area (Å²) in [5, 5.41) is 0. The highest BCUT2D eigenvalue weighted by Crippen LogP contribution is 2.25. The number of nitrogens with two attached hydrogens (primary N) is 1. The highest BCUT2D eigenvalue weighted by molar-refractivity contribution is 5.20. The molecular weight excluding hydrogens is 150 g/mol. The van der Waals surface area contributed by atoms with Crippen LogP contribution in [-0.2, 0) is 4.74 Å². The zero-order valence-corrected chi connectivity index (χ0v) is 7.79. The minimum absolute atomic E-state index is 0.0404. The predicted molar refractivity (Wildman–Crippen MR) is 50.9 cm³/mol. The molecule has 0 spiro atoms. The molecule has 2 atom stereocenters. The Morgan fingerprint density at radius 1 is 1.58 bits per heavy atom. The molecule has 2 heteroatoms. The van der Waals surface area contributed by atoms with E-state index in [9.17, 15) is 0 Å². The highest BCUT2D eigenvalue weighted by atomic mass is 16.5. The number of allylic oxidation sites excluding steroid dienone is 2. The van der Waals surface area contributed by atoms with Gasteiger partial charge in [0.25, 0.3) is 0 Å². The van der Waals surface area contributed by atoms with E-state index in [2.05, 4.69) is 12.2 Å². The zero-order valence-electron chi connectivity index (χ0n) is 7.79. The molecule has 0 aromatic carbocycles. The Labute approximate surface area is 74.1 Å². The Morgan fingerprint density at radius 2 is 2.33 bits per heavy atom. The van der Waals surface area contributed by atoms with Crippen LogP contribution in [0.25, 0.3) is 0 Å². The van der Waals surface area contributed by atoms with E-state index < -0.39 is 0 Å². The summed E-state index contributed by atoms with van der Waals surface area (Å²) in [6.07, 6.45) is 9.07. The van der Waals surface area contributed by atoms with E-state index in [4.69, 9.17) is 10.5 Å². The smallest absolute Gasteiger partial charge is 0.105 e. The van der Waals surface area contributed by atoms with Crippen molar-refractivity contribution in [2.45, 2.75) is 31.9 Å². The molecule has 2 nitrogen and oxygen atoms in total. The standard InChI is InChI=1S/C10H17NO/c1-3-12-10(9(2)11)7-5-4-6-8-10/h4-7,9H,3,8,11H2,1-2H3. The second-order valence-electron chi connectivity index (χ2n) is 3.17. The molecule has 1 rings (SSSR count). The summed E-state index contributed by atoms with van der Waals surface area (Å²) in [5.74, 6) is 0. The first-order valence-electron chi connectivity index (χ1n) is 4.45. The number of hydrogen-bond acceptors (Lipinski definition) is 2. The van der Waals surface area contributed by atoms with Crippen molar-refractivity contribution in [1.29, 1.82) is 0 Å². The molecule has 12 heavy (non-hydrogen) atoms. The molecule has 0 radical (unpaired) electrons. The van der Waals surface area contributed by atoms with Gasteiger partial charge in [0, 0.05) is 12.6 Å². The van der Waals surface area contributed by atoms with E-state index in [0.717, 1.165) is 6.42 Å². The molecule has 2 unspecified atom stereocenters. The van der Waals surface area contributed by atoms with Gasteiger partial charge in [-0.1, -0.05) is 24.3 Å². The molecule has 0 aromatic rings. The summed E-state index contributed by atoms with van der Waals surface area (Å²) >= 11 is 0. The average molecular weight is 167 g/mol. The van der Waals surface area contributed by atoms with Crippen LogP contribution in [0.2, 0.25) is 0 Å². The molecule has 1 aliphatic rings. The lowest BCUT2D eigenvalue weighted by Crippen LogP contribution is -2.47. The zero-order chi connectivity index (χ0) is 9.03. The highest BCUT2D eigenvalue weighted by Gasteiger charge is 2.31. The van der Waals surface area contributed by atoms with Gasteiger partial charge < -0.3 is 10.5 Å². The van der Waals surface area contributed by atoms with E-state index >= 15 is 0 Å². The van der Waals surface area contributed by atoms with Crippen molar-refractivity contribution in [1.82, 2.24) is 0 Å². The quantitative estimate of drug-likeness (QED) is 0.693. The Kier molecular flexibility index (Phi) is 3.06. The van der Waals surface area contributed by atoms with Crippen molar-refractivity contribution in [3.8, 4) is 0 Å². The first kappa shape index (κ1) is 9.49.